The lowest BCUT2D eigenvalue weighted by Gasteiger charge is -2.33. The molecule has 3 N–H and O–H groups in total. The molecule has 1 aromatic carbocycles. The Morgan fingerprint density at radius 1 is 1.07 bits per heavy atom. The van der Waals surface area contributed by atoms with Gasteiger partial charge in [0.05, 0.1) is 39.3 Å². The molecule has 1 unspecified atom stereocenters. The molecule has 3 rings (SSSR count). The fourth-order valence-electron chi connectivity index (χ4n) is 4.56. The third kappa shape index (κ3) is 5.55. The maximum absolute atomic E-state index is 12.6. The summed E-state index contributed by atoms with van der Waals surface area (Å²) < 4.78 is 0. The van der Waals surface area contributed by atoms with Crippen LogP contribution in [0.5, 0.6) is 0 Å². The Hall–Kier alpha value is -1.92. The van der Waals surface area contributed by atoms with Gasteiger partial charge < -0.3 is 20.0 Å². The van der Waals surface area contributed by atoms with Crippen molar-refractivity contribution in [3.63, 3.8) is 0 Å². The number of hydrogen-bond donors (Lipinski definition) is 3. The summed E-state index contributed by atoms with van der Waals surface area (Å²) in [5, 5.41) is 3.07. The van der Waals surface area contributed by atoms with Gasteiger partial charge in [0.25, 0.3) is 11.8 Å². The van der Waals surface area contributed by atoms with Crippen molar-refractivity contribution in [2.24, 2.45) is 5.92 Å². The van der Waals surface area contributed by atoms with E-state index < -0.39 is 0 Å². The molecule has 6 nitrogen and oxygen atoms in total. The molecule has 2 aliphatic rings. The number of quaternary nitrogens is 2. The van der Waals surface area contributed by atoms with E-state index >= 15 is 0 Å². The Morgan fingerprint density at radius 3 is 2.39 bits per heavy atom. The summed E-state index contributed by atoms with van der Waals surface area (Å²) in [6, 6.07) is 6.05. The number of likely N-dealkylation sites (tertiary alicyclic amines) is 1. The molecule has 1 aromatic rings. The molecule has 6 heteroatoms. The van der Waals surface area contributed by atoms with Gasteiger partial charge in [0, 0.05) is 11.6 Å². The first kappa shape index (κ1) is 20.8. The van der Waals surface area contributed by atoms with Crippen molar-refractivity contribution >= 4 is 17.5 Å². The molecule has 2 amide bonds. The van der Waals surface area contributed by atoms with Crippen molar-refractivity contribution in [1.82, 2.24) is 4.90 Å². The van der Waals surface area contributed by atoms with E-state index in [2.05, 4.69) is 12.2 Å². The van der Waals surface area contributed by atoms with Gasteiger partial charge in [-0.3, -0.25) is 9.59 Å². The molecular weight excluding hydrogens is 352 g/mol. The number of aryl methyl sites for hydroxylation is 2. The lowest BCUT2D eigenvalue weighted by molar-refractivity contribution is -0.902. The summed E-state index contributed by atoms with van der Waals surface area (Å²) in [6.45, 7) is 12.9. The van der Waals surface area contributed by atoms with Gasteiger partial charge in [0.2, 0.25) is 0 Å². The van der Waals surface area contributed by atoms with Gasteiger partial charge in [-0.2, -0.15) is 0 Å². The number of piperidine rings is 1. The predicted molar refractivity (Wildman–Crippen MR) is 111 cm³/mol. The second-order valence-electron chi connectivity index (χ2n) is 8.75. The number of piperazine rings is 1. The number of carbonyl (C=O) groups is 2. The monoisotopic (exact) mass is 388 g/mol. The highest BCUT2D eigenvalue weighted by molar-refractivity contribution is 5.93. The standard InChI is InChI=1S/C22H34N4O2/c1-17-6-5-9-25(14-17)16-21(28)26-12-10-24(11-13-26)15-20(27)23-22-18(2)7-4-8-19(22)3/h4,7-8,17H,5-6,9-16H2,1-3H3,(H,23,27)/p+2/t17-/m1/s1. The van der Waals surface area contributed by atoms with E-state index in [1.54, 1.807) is 0 Å². The van der Waals surface area contributed by atoms with Crippen molar-refractivity contribution in [2.75, 3.05) is 57.7 Å². The quantitative estimate of drug-likeness (QED) is 0.624. The number of anilines is 1. The minimum Gasteiger partial charge on any atom is -0.327 e. The molecule has 2 aliphatic heterocycles. The Bertz CT molecular complexity index is 678. The average Bonchev–Trinajstić information content (AvgIpc) is 2.65. The zero-order valence-electron chi connectivity index (χ0n) is 17.6. The molecule has 2 saturated heterocycles. The van der Waals surface area contributed by atoms with Crippen molar-refractivity contribution < 1.29 is 19.4 Å². The minimum atomic E-state index is 0.0546. The van der Waals surface area contributed by atoms with Crippen LogP contribution in [0.3, 0.4) is 0 Å². The molecule has 0 saturated carbocycles. The van der Waals surface area contributed by atoms with Crippen LogP contribution in [-0.2, 0) is 9.59 Å². The third-order valence-corrected chi connectivity index (χ3v) is 6.24. The SMILES string of the molecule is Cc1cccc(C)c1NC(=O)C[NH+]1CCN(C(=O)C[NH+]2CCC[C@@H](C)C2)CC1. The molecule has 2 atom stereocenters. The van der Waals surface area contributed by atoms with Gasteiger partial charge in [-0.25, -0.2) is 0 Å². The van der Waals surface area contributed by atoms with Crippen LogP contribution in [0.25, 0.3) is 0 Å². The van der Waals surface area contributed by atoms with Gasteiger partial charge in [0.1, 0.15) is 0 Å². The van der Waals surface area contributed by atoms with Gasteiger partial charge in [-0.05, 0) is 37.8 Å². The molecule has 154 valence electrons. The molecule has 0 bridgehead atoms. The second kappa shape index (κ2) is 9.52. The first-order valence-electron chi connectivity index (χ1n) is 10.7. The minimum absolute atomic E-state index is 0.0546. The molecule has 28 heavy (non-hydrogen) atoms. The molecule has 2 fully saturated rings. The van der Waals surface area contributed by atoms with E-state index in [4.69, 9.17) is 0 Å². The smallest absolute Gasteiger partial charge is 0.279 e. The van der Waals surface area contributed by atoms with E-state index in [0.29, 0.717) is 13.1 Å². The fourth-order valence-corrected chi connectivity index (χ4v) is 4.56. The van der Waals surface area contributed by atoms with Gasteiger partial charge in [-0.15, -0.1) is 0 Å². The topological polar surface area (TPSA) is 58.3 Å². The number of hydrogen-bond acceptors (Lipinski definition) is 2. The van der Waals surface area contributed by atoms with Crippen LogP contribution in [0.1, 0.15) is 30.9 Å². The fraction of sp³-hybridized carbons (Fsp3) is 0.636. The maximum Gasteiger partial charge on any atom is 0.279 e. The number of nitrogens with zero attached hydrogens (tertiary/aromatic N) is 1. The third-order valence-electron chi connectivity index (χ3n) is 6.24. The Morgan fingerprint density at radius 2 is 1.75 bits per heavy atom. The zero-order valence-corrected chi connectivity index (χ0v) is 17.6. The van der Waals surface area contributed by atoms with Gasteiger partial charge in [-0.1, -0.05) is 25.1 Å². The van der Waals surface area contributed by atoms with Crippen molar-refractivity contribution in [3.05, 3.63) is 29.3 Å². The summed E-state index contributed by atoms with van der Waals surface area (Å²) >= 11 is 0. The normalized spacial score (nSPS) is 23.5. The number of benzene rings is 1. The number of para-hydroxylation sites is 1. The summed E-state index contributed by atoms with van der Waals surface area (Å²) in [7, 11) is 0. The van der Waals surface area contributed by atoms with Crippen LogP contribution in [0, 0.1) is 19.8 Å². The molecular formula is C22H36N4O2+2. The van der Waals surface area contributed by atoms with Crippen LogP contribution in [-0.4, -0.2) is 69.1 Å². The number of rotatable bonds is 5. The number of nitrogens with one attached hydrogen (secondary N) is 3. The Kier molecular flexibility index (Phi) is 7.08. The van der Waals surface area contributed by atoms with Gasteiger partial charge >= 0.3 is 0 Å². The molecule has 0 spiro atoms. The molecule has 0 aliphatic carbocycles. The maximum atomic E-state index is 12.6. The van der Waals surface area contributed by atoms with Crippen molar-refractivity contribution in [1.29, 1.82) is 0 Å². The Labute approximate surface area is 168 Å². The predicted octanol–water partition coefficient (Wildman–Crippen LogP) is -0.716. The van der Waals surface area contributed by atoms with Crippen molar-refractivity contribution in [3.8, 4) is 0 Å². The first-order valence-corrected chi connectivity index (χ1v) is 10.7. The van der Waals surface area contributed by atoms with Crippen LogP contribution in [0.4, 0.5) is 5.69 Å². The van der Waals surface area contributed by atoms with Crippen LogP contribution in [0.2, 0.25) is 0 Å². The molecule has 0 aromatic heterocycles. The van der Waals surface area contributed by atoms with E-state index in [0.717, 1.165) is 62.0 Å². The summed E-state index contributed by atoms with van der Waals surface area (Å²) in [6.07, 6.45) is 2.53. The summed E-state index contributed by atoms with van der Waals surface area (Å²) in [5.41, 5.74) is 3.11. The highest BCUT2D eigenvalue weighted by Gasteiger charge is 2.29. The lowest BCUT2D eigenvalue weighted by atomic mass is 10.0. The largest absolute Gasteiger partial charge is 0.327 e. The zero-order chi connectivity index (χ0) is 20.1. The van der Waals surface area contributed by atoms with Gasteiger partial charge in [0.15, 0.2) is 13.1 Å². The van der Waals surface area contributed by atoms with E-state index in [-0.39, 0.29) is 11.8 Å². The number of carbonyl (C=O) groups excluding carboxylic acids is 2. The second-order valence-corrected chi connectivity index (χ2v) is 8.75. The average molecular weight is 389 g/mol. The molecule has 0 radical (unpaired) electrons. The lowest BCUT2D eigenvalue weighted by Crippen LogP contribution is -3.16. The summed E-state index contributed by atoms with van der Waals surface area (Å²) in [5.74, 6) is 1.07. The van der Waals surface area contributed by atoms with Crippen LogP contribution in [0.15, 0.2) is 18.2 Å². The van der Waals surface area contributed by atoms with E-state index in [1.807, 2.05) is 36.9 Å². The molecule has 2 heterocycles. The van der Waals surface area contributed by atoms with E-state index in [9.17, 15) is 9.59 Å². The highest BCUT2D eigenvalue weighted by atomic mass is 16.2. The first-order chi connectivity index (χ1) is 13.4. The van der Waals surface area contributed by atoms with Crippen LogP contribution >= 0.6 is 0 Å². The van der Waals surface area contributed by atoms with E-state index in [1.165, 1.54) is 22.6 Å². The summed E-state index contributed by atoms with van der Waals surface area (Å²) in [4.78, 5) is 29.8. The highest BCUT2D eigenvalue weighted by Crippen LogP contribution is 2.18. The Balaban J connectivity index is 1.42. The van der Waals surface area contributed by atoms with Crippen molar-refractivity contribution in [2.45, 2.75) is 33.6 Å². The number of amides is 2. The van der Waals surface area contributed by atoms with Crippen LogP contribution < -0.4 is 15.1 Å².